The van der Waals surface area contributed by atoms with Crippen LogP contribution in [0, 0.1) is 6.92 Å². The first kappa shape index (κ1) is 23.6. The highest BCUT2D eigenvalue weighted by molar-refractivity contribution is 6.43. The number of hydrogen-bond donors (Lipinski definition) is 2. The first-order valence-corrected chi connectivity index (χ1v) is 11.3. The topological polar surface area (TPSA) is 87.6 Å². The van der Waals surface area contributed by atoms with Gasteiger partial charge in [-0.25, -0.2) is 5.43 Å². The van der Waals surface area contributed by atoms with E-state index in [1.54, 1.807) is 24.3 Å². The molecule has 6 nitrogen and oxygen atoms in total. The number of ketones is 1. The zero-order valence-corrected chi connectivity index (χ0v) is 19.3. The number of carbonyl (C=O) groups excluding carboxylic acids is 3. The molecule has 6 heteroatoms. The Morgan fingerprint density at radius 1 is 0.771 bits per heavy atom. The van der Waals surface area contributed by atoms with Crippen LogP contribution < -0.4 is 10.7 Å². The normalized spacial score (nSPS) is 11.2. The number of hydrogen-bond acceptors (Lipinski definition) is 4. The van der Waals surface area contributed by atoms with Gasteiger partial charge in [0.25, 0.3) is 11.8 Å². The third-order valence-corrected chi connectivity index (χ3v) is 5.58. The highest BCUT2D eigenvalue weighted by Crippen LogP contribution is 2.20. The van der Waals surface area contributed by atoms with Crippen molar-refractivity contribution in [2.24, 2.45) is 5.10 Å². The fraction of sp³-hybridized carbons (Fsp3) is 0.103. The summed E-state index contributed by atoms with van der Waals surface area (Å²) in [4.78, 5) is 38.8. The molecule has 0 aliphatic heterocycles. The molecule has 0 aliphatic carbocycles. The number of nitrogens with zero attached hydrogens (tertiary/aromatic N) is 1. The lowest BCUT2D eigenvalue weighted by Crippen LogP contribution is -2.34. The Morgan fingerprint density at radius 3 is 2.23 bits per heavy atom. The highest BCUT2D eigenvalue weighted by atomic mass is 16.2. The Kier molecular flexibility index (Phi) is 7.43. The molecule has 174 valence electrons. The molecule has 0 heterocycles. The highest BCUT2D eigenvalue weighted by Gasteiger charge is 2.19. The number of aryl methyl sites for hydroxylation is 1. The summed E-state index contributed by atoms with van der Waals surface area (Å²) in [6.45, 7) is 2.20. The standard InChI is InChI=1S/C29H25N3O3/c1-20-14-16-23(17-15-20)28(34)32-31-26(29(35)30-19-21-8-3-2-4-9-21)18-27(33)25-13-7-11-22-10-5-6-12-24(22)25/h2-17H,18-19H2,1H3,(H,30,35)(H,32,34). The summed E-state index contributed by atoms with van der Waals surface area (Å²) in [6.07, 6.45) is -0.261. The molecule has 0 saturated carbocycles. The fourth-order valence-electron chi connectivity index (χ4n) is 3.65. The molecule has 0 saturated heterocycles. The Labute approximate surface area is 203 Å². The van der Waals surface area contributed by atoms with Crippen LogP contribution in [0.15, 0.2) is 102 Å². The molecule has 0 unspecified atom stereocenters. The van der Waals surface area contributed by atoms with Gasteiger partial charge in [-0.05, 0) is 35.4 Å². The van der Waals surface area contributed by atoms with E-state index in [1.165, 1.54) is 0 Å². The number of rotatable bonds is 8. The molecular formula is C29H25N3O3. The molecule has 4 aromatic carbocycles. The summed E-state index contributed by atoms with van der Waals surface area (Å²) in [7, 11) is 0. The number of hydrazone groups is 1. The van der Waals surface area contributed by atoms with E-state index < -0.39 is 11.8 Å². The van der Waals surface area contributed by atoms with Gasteiger partial charge in [0.15, 0.2) is 5.78 Å². The fourth-order valence-corrected chi connectivity index (χ4v) is 3.65. The lowest BCUT2D eigenvalue weighted by atomic mass is 9.98. The van der Waals surface area contributed by atoms with E-state index in [-0.39, 0.29) is 24.5 Å². The van der Waals surface area contributed by atoms with Gasteiger partial charge >= 0.3 is 0 Å². The lowest BCUT2D eigenvalue weighted by Gasteiger charge is -2.10. The van der Waals surface area contributed by atoms with E-state index in [0.717, 1.165) is 21.9 Å². The zero-order valence-electron chi connectivity index (χ0n) is 19.3. The van der Waals surface area contributed by atoms with Gasteiger partial charge < -0.3 is 5.32 Å². The number of benzene rings is 4. The van der Waals surface area contributed by atoms with Gasteiger partial charge in [-0.15, -0.1) is 0 Å². The average Bonchev–Trinajstić information content (AvgIpc) is 2.90. The number of carbonyl (C=O) groups is 3. The maximum absolute atomic E-state index is 13.2. The monoisotopic (exact) mass is 463 g/mol. The van der Waals surface area contributed by atoms with Crippen molar-refractivity contribution >= 4 is 34.1 Å². The summed E-state index contributed by atoms with van der Waals surface area (Å²) in [5, 5.41) is 8.58. The van der Waals surface area contributed by atoms with Crippen LogP contribution in [0.4, 0.5) is 0 Å². The zero-order chi connectivity index (χ0) is 24.6. The predicted octanol–water partition coefficient (Wildman–Crippen LogP) is 4.82. The summed E-state index contributed by atoms with van der Waals surface area (Å²) in [5.41, 5.74) is 5.19. The van der Waals surface area contributed by atoms with Gasteiger partial charge in [0.05, 0.1) is 6.42 Å². The molecule has 0 aliphatic rings. The molecule has 0 radical (unpaired) electrons. The van der Waals surface area contributed by atoms with Crippen molar-refractivity contribution in [3.63, 3.8) is 0 Å². The van der Waals surface area contributed by atoms with Crippen molar-refractivity contribution in [3.05, 3.63) is 119 Å². The van der Waals surface area contributed by atoms with Crippen molar-refractivity contribution in [2.45, 2.75) is 19.9 Å². The molecule has 2 amide bonds. The number of amides is 2. The first-order valence-electron chi connectivity index (χ1n) is 11.3. The largest absolute Gasteiger partial charge is 0.347 e. The van der Waals surface area contributed by atoms with E-state index >= 15 is 0 Å². The minimum atomic E-state index is -0.522. The smallest absolute Gasteiger partial charge is 0.271 e. The second-order valence-electron chi connectivity index (χ2n) is 8.16. The number of nitrogens with one attached hydrogen (secondary N) is 2. The van der Waals surface area contributed by atoms with Crippen molar-refractivity contribution in [2.75, 3.05) is 0 Å². The van der Waals surface area contributed by atoms with E-state index in [4.69, 9.17) is 0 Å². The Morgan fingerprint density at radius 2 is 1.46 bits per heavy atom. The Balaban J connectivity index is 1.56. The second kappa shape index (κ2) is 11.0. The Hall–Kier alpha value is -4.58. The average molecular weight is 464 g/mol. The molecule has 4 rings (SSSR count). The van der Waals surface area contributed by atoms with Gasteiger partial charge in [0.2, 0.25) is 0 Å². The summed E-state index contributed by atoms with van der Waals surface area (Å²) in [6, 6.07) is 29.4. The van der Waals surface area contributed by atoms with Gasteiger partial charge in [0.1, 0.15) is 5.71 Å². The first-order chi connectivity index (χ1) is 17.0. The van der Waals surface area contributed by atoms with Crippen molar-refractivity contribution in [1.29, 1.82) is 0 Å². The van der Waals surface area contributed by atoms with Crippen molar-refractivity contribution < 1.29 is 14.4 Å². The van der Waals surface area contributed by atoms with Crippen LogP contribution in [-0.4, -0.2) is 23.3 Å². The quantitative estimate of drug-likeness (QED) is 0.223. The van der Waals surface area contributed by atoms with E-state index in [9.17, 15) is 14.4 Å². The molecule has 0 atom stereocenters. The SMILES string of the molecule is Cc1ccc(C(=O)NN=C(CC(=O)c2cccc3ccccc23)C(=O)NCc2ccccc2)cc1. The van der Waals surface area contributed by atoms with Crippen LogP contribution in [-0.2, 0) is 11.3 Å². The van der Waals surface area contributed by atoms with Crippen LogP contribution in [0.25, 0.3) is 10.8 Å². The van der Waals surface area contributed by atoms with Crippen molar-refractivity contribution in [3.8, 4) is 0 Å². The maximum atomic E-state index is 13.2. The van der Waals surface area contributed by atoms with Gasteiger partial charge in [-0.2, -0.15) is 5.10 Å². The van der Waals surface area contributed by atoms with Crippen LogP contribution >= 0.6 is 0 Å². The second-order valence-corrected chi connectivity index (χ2v) is 8.16. The van der Waals surface area contributed by atoms with Crippen LogP contribution in [0.3, 0.4) is 0 Å². The van der Waals surface area contributed by atoms with E-state index in [0.29, 0.717) is 11.1 Å². The third kappa shape index (κ3) is 6.06. The van der Waals surface area contributed by atoms with E-state index in [2.05, 4.69) is 15.8 Å². The molecule has 0 fully saturated rings. The molecule has 0 bridgehead atoms. The van der Waals surface area contributed by atoms with Gasteiger partial charge in [0, 0.05) is 17.7 Å². The minimum Gasteiger partial charge on any atom is -0.347 e. The Bertz CT molecular complexity index is 1390. The molecule has 4 aromatic rings. The lowest BCUT2D eigenvalue weighted by molar-refractivity contribution is -0.115. The molecule has 2 N–H and O–H groups in total. The molecular weight excluding hydrogens is 438 g/mol. The van der Waals surface area contributed by atoms with Gasteiger partial charge in [-0.3, -0.25) is 14.4 Å². The van der Waals surface area contributed by atoms with Crippen LogP contribution in [0.5, 0.6) is 0 Å². The molecule has 0 spiro atoms. The summed E-state index contributed by atoms with van der Waals surface area (Å²) >= 11 is 0. The molecule has 0 aromatic heterocycles. The van der Waals surface area contributed by atoms with Crippen molar-refractivity contribution in [1.82, 2.24) is 10.7 Å². The minimum absolute atomic E-state index is 0.0701. The maximum Gasteiger partial charge on any atom is 0.271 e. The molecule has 35 heavy (non-hydrogen) atoms. The third-order valence-electron chi connectivity index (χ3n) is 5.58. The number of fused-ring (bicyclic) bond motifs is 1. The number of Topliss-reactive ketones (excluding diaryl/α,β-unsaturated/α-hetero) is 1. The van der Waals surface area contributed by atoms with E-state index in [1.807, 2.05) is 79.7 Å². The van der Waals surface area contributed by atoms with Gasteiger partial charge in [-0.1, -0.05) is 90.5 Å². The van der Waals surface area contributed by atoms with Crippen LogP contribution in [0.2, 0.25) is 0 Å². The van der Waals surface area contributed by atoms with Crippen LogP contribution in [0.1, 0.15) is 38.3 Å². The predicted molar refractivity (Wildman–Crippen MR) is 137 cm³/mol. The summed E-state index contributed by atoms with van der Waals surface area (Å²) in [5.74, 6) is -1.25. The summed E-state index contributed by atoms with van der Waals surface area (Å²) < 4.78 is 0.